The molecule has 2 N–H and O–H groups in total. The molecule has 0 amide bonds. The molecule has 0 aromatic heterocycles. The molecule has 1 saturated heterocycles. The maximum Gasteiger partial charge on any atom is 0.211 e. The zero-order valence-electron chi connectivity index (χ0n) is 13.4. The van der Waals surface area contributed by atoms with E-state index in [-0.39, 0.29) is 12.1 Å². The molecule has 2 unspecified atom stereocenters. The van der Waals surface area contributed by atoms with Crippen molar-refractivity contribution in [2.75, 3.05) is 18.8 Å². The summed E-state index contributed by atoms with van der Waals surface area (Å²) in [5.74, 6) is 0.949. The van der Waals surface area contributed by atoms with E-state index in [4.69, 9.17) is 0 Å². The summed E-state index contributed by atoms with van der Waals surface area (Å²) in [5.41, 5.74) is 0. The van der Waals surface area contributed by atoms with Gasteiger partial charge in [0.1, 0.15) is 0 Å². The number of hydrogen-bond donors (Lipinski definition) is 2. The molecule has 2 atom stereocenters. The Bertz CT molecular complexity index is 456. The van der Waals surface area contributed by atoms with Gasteiger partial charge in [0.05, 0.1) is 11.9 Å². The minimum absolute atomic E-state index is 0.0844. The topological polar surface area (TPSA) is 69.6 Å². The number of hydrogen-bond acceptors (Lipinski definition) is 4. The van der Waals surface area contributed by atoms with E-state index in [1.807, 2.05) is 0 Å². The molecule has 5 nitrogen and oxygen atoms in total. The fourth-order valence-corrected chi connectivity index (χ4v) is 5.41. The van der Waals surface area contributed by atoms with Crippen molar-refractivity contribution in [3.05, 3.63) is 0 Å². The Morgan fingerprint density at radius 1 is 1.00 bits per heavy atom. The number of likely N-dealkylation sites (tertiary alicyclic amines) is 1. The van der Waals surface area contributed by atoms with Gasteiger partial charge in [-0.05, 0) is 38.0 Å². The monoisotopic (exact) mass is 330 g/mol. The maximum absolute atomic E-state index is 12.1. The molecule has 2 aliphatic carbocycles. The lowest BCUT2D eigenvalue weighted by atomic mass is 9.90. The third-order valence-electron chi connectivity index (χ3n) is 5.53. The van der Waals surface area contributed by atoms with Gasteiger partial charge in [-0.1, -0.05) is 25.7 Å². The molecule has 6 heteroatoms. The smallest absolute Gasteiger partial charge is 0.211 e. The van der Waals surface area contributed by atoms with Crippen LogP contribution in [-0.2, 0) is 10.0 Å². The molecule has 3 aliphatic rings. The largest absolute Gasteiger partial charge is 0.391 e. The minimum atomic E-state index is -3.11. The van der Waals surface area contributed by atoms with Crippen LogP contribution in [0.25, 0.3) is 0 Å². The van der Waals surface area contributed by atoms with Crippen molar-refractivity contribution in [2.24, 2.45) is 5.92 Å². The highest BCUT2D eigenvalue weighted by molar-refractivity contribution is 7.89. The quantitative estimate of drug-likeness (QED) is 0.774. The van der Waals surface area contributed by atoms with E-state index in [0.717, 1.165) is 51.6 Å². The summed E-state index contributed by atoms with van der Waals surface area (Å²) in [6.07, 6.45) is 9.11. The molecule has 22 heavy (non-hydrogen) atoms. The van der Waals surface area contributed by atoms with Gasteiger partial charge in [-0.2, -0.15) is 0 Å². The molecule has 3 rings (SSSR count). The number of nitrogens with zero attached hydrogens (tertiary/aromatic N) is 1. The Morgan fingerprint density at radius 3 is 2.32 bits per heavy atom. The Balaban J connectivity index is 1.42. The number of sulfonamides is 1. The maximum atomic E-state index is 12.1. The third kappa shape index (κ3) is 4.66. The predicted molar refractivity (Wildman–Crippen MR) is 87.1 cm³/mol. The SMILES string of the molecule is O=S(=O)(CCC1CC1)NC1CCN(C2CCCCC2O)CC1. The first-order valence-corrected chi connectivity index (χ1v) is 10.6. The predicted octanol–water partition coefficient (Wildman–Crippen LogP) is 1.47. The van der Waals surface area contributed by atoms with E-state index in [1.54, 1.807) is 0 Å². The van der Waals surface area contributed by atoms with Gasteiger partial charge >= 0.3 is 0 Å². The summed E-state index contributed by atoms with van der Waals surface area (Å²) in [6.45, 7) is 1.80. The zero-order valence-corrected chi connectivity index (χ0v) is 14.2. The van der Waals surface area contributed by atoms with Crippen LogP contribution in [0.2, 0.25) is 0 Å². The van der Waals surface area contributed by atoms with Gasteiger partial charge in [-0.25, -0.2) is 13.1 Å². The molecule has 0 radical (unpaired) electrons. The second-order valence-corrected chi connectivity index (χ2v) is 9.27. The van der Waals surface area contributed by atoms with E-state index >= 15 is 0 Å². The fourth-order valence-electron chi connectivity index (χ4n) is 3.91. The van der Waals surface area contributed by atoms with E-state index in [0.29, 0.717) is 17.7 Å². The summed E-state index contributed by atoms with van der Waals surface area (Å²) < 4.78 is 27.1. The molecule has 0 aromatic rings. The number of rotatable bonds is 6. The Morgan fingerprint density at radius 2 is 1.68 bits per heavy atom. The molecule has 0 bridgehead atoms. The number of piperidine rings is 1. The van der Waals surface area contributed by atoms with Gasteiger partial charge in [0.2, 0.25) is 10.0 Å². The van der Waals surface area contributed by atoms with Crippen LogP contribution < -0.4 is 4.72 Å². The molecule has 0 spiro atoms. The molecule has 1 aliphatic heterocycles. The first-order chi connectivity index (χ1) is 10.5. The Labute approximate surface area is 134 Å². The third-order valence-corrected chi connectivity index (χ3v) is 7.00. The molecule has 3 fully saturated rings. The lowest BCUT2D eigenvalue weighted by Gasteiger charge is -2.41. The van der Waals surface area contributed by atoms with Crippen LogP contribution in [0, 0.1) is 5.92 Å². The standard InChI is InChI=1S/C16H30N2O3S/c19-16-4-2-1-3-15(16)18-10-7-14(8-11-18)17-22(20,21)12-9-13-5-6-13/h13-17,19H,1-12H2. The van der Waals surface area contributed by atoms with Crippen LogP contribution in [-0.4, -0.2) is 55.5 Å². The summed E-state index contributed by atoms with van der Waals surface area (Å²) in [4.78, 5) is 2.37. The van der Waals surface area contributed by atoms with Gasteiger partial charge in [0, 0.05) is 25.2 Å². The van der Waals surface area contributed by atoms with Gasteiger partial charge in [-0.3, -0.25) is 4.90 Å². The van der Waals surface area contributed by atoms with Crippen LogP contribution in [0.3, 0.4) is 0 Å². The highest BCUT2D eigenvalue weighted by Crippen LogP contribution is 2.32. The molecule has 2 saturated carbocycles. The van der Waals surface area contributed by atoms with Crippen LogP contribution in [0.5, 0.6) is 0 Å². The van der Waals surface area contributed by atoms with Gasteiger partial charge < -0.3 is 5.11 Å². The van der Waals surface area contributed by atoms with Crippen LogP contribution in [0.15, 0.2) is 0 Å². The van der Waals surface area contributed by atoms with Crippen LogP contribution in [0.1, 0.15) is 57.8 Å². The first kappa shape index (κ1) is 16.7. The fraction of sp³-hybridized carbons (Fsp3) is 1.00. The summed E-state index contributed by atoms with van der Waals surface area (Å²) >= 11 is 0. The molecular formula is C16H30N2O3S. The second kappa shape index (κ2) is 7.16. The Kier molecular flexibility index (Phi) is 5.43. The molecular weight excluding hydrogens is 300 g/mol. The normalized spacial score (nSPS) is 32.2. The van der Waals surface area contributed by atoms with Crippen molar-refractivity contribution < 1.29 is 13.5 Å². The summed E-state index contributed by atoms with van der Waals surface area (Å²) in [6, 6.07) is 0.377. The van der Waals surface area contributed by atoms with E-state index < -0.39 is 10.0 Å². The molecule has 0 aromatic carbocycles. The first-order valence-electron chi connectivity index (χ1n) is 8.95. The molecule has 128 valence electrons. The average Bonchev–Trinajstić information content (AvgIpc) is 3.31. The van der Waals surface area contributed by atoms with Crippen molar-refractivity contribution in [2.45, 2.75) is 76.0 Å². The minimum Gasteiger partial charge on any atom is -0.391 e. The number of nitrogens with one attached hydrogen (secondary N) is 1. The van der Waals surface area contributed by atoms with E-state index in [9.17, 15) is 13.5 Å². The zero-order chi connectivity index (χ0) is 15.6. The lowest BCUT2D eigenvalue weighted by Crippen LogP contribution is -2.52. The van der Waals surface area contributed by atoms with E-state index in [2.05, 4.69) is 9.62 Å². The molecule has 1 heterocycles. The number of aliphatic hydroxyl groups excluding tert-OH is 1. The highest BCUT2D eigenvalue weighted by Gasteiger charge is 2.32. The summed E-state index contributed by atoms with van der Waals surface area (Å²) in [7, 11) is -3.11. The second-order valence-electron chi connectivity index (χ2n) is 7.40. The van der Waals surface area contributed by atoms with Crippen molar-refractivity contribution >= 4 is 10.0 Å². The van der Waals surface area contributed by atoms with Crippen molar-refractivity contribution in [3.63, 3.8) is 0 Å². The van der Waals surface area contributed by atoms with Gasteiger partial charge in [-0.15, -0.1) is 0 Å². The lowest BCUT2D eigenvalue weighted by molar-refractivity contribution is 0.00831. The van der Waals surface area contributed by atoms with Gasteiger partial charge in [0.15, 0.2) is 0 Å². The number of aliphatic hydroxyl groups is 1. The van der Waals surface area contributed by atoms with Crippen LogP contribution in [0.4, 0.5) is 0 Å². The van der Waals surface area contributed by atoms with E-state index in [1.165, 1.54) is 19.3 Å². The highest BCUT2D eigenvalue weighted by atomic mass is 32.2. The van der Waals surface area contributed by atoms with Crippen molar-refractivity contribution in [3.8, 4) is 0 Å². The Hall–Kier alpha value is -0.170. The summed E-state index contributed by atoms with van der Waals surface area (Å²) in [5, 5.41) is 10.1. The van der Waals surface area contributed by atoms with Crippen molar-refractivity contribution in [1.82, 2.24) is 9.62 Å². The average molecular weight is 330 g/mol. The van der Waals surface area contributed by atoms with Crippen LogP contribution >= 0.6 is 0 Å². The van der Waals surface area contributed by atoms with Gasteiger partial charge in [0.25, 0.3) is 0 Å². The van der Waals surface area contributed by atoms with Crippen molar-refractivity contribution in [1.29, 1.82) is 0 Å².